The summed E-state index contributed by atoms with van der Waals surface area (Å²) in [5.74, 6) is 1.89. The van der Waals surface area contributed by atoms with E-state index < -0.39 is 0 Å². The standard InChI is InChI=1S/C13H24N4/c1-6-8-14-9-11(5)13-15-12(7-2)16-17(13)10(3)4/h9-10,14H,6-8H2,1-5H3/b11-9+. The van der Waals surface area contributed by atoms with Crippen LogP contribution < -0.4 is 5.32 Å². The quantitative estimate of drug-likeness (QED) is 0.772. The van der Waals surface area contributed by atoms with E-state index in [2.05, 4.69) is 50.0 Å². The first kappa shape index (κ1) is 13.7. The summed E-state index contributed by atoms with van der Waals surface area (Å²) in [5.41, 5.74) is 1.14. The van der Waals surface area contributed by atoms with Crippen molar-refractivity contribution in [2.24, 2.45) is 0 Å². The van der Waals surface area contributed by atoms with Crippen molar-refractivity contribution in [2.75, 3.05) is 6.54 Å². The van der Waals surface area contributed by atoms with Crippen molar-refractivity contribution in [3.63, 3.8) is 0 Å². The van der Waals surface area contributed by atoms with Gasteiger partial charge in [-0.1, -0.05) is 13.8 Å². The van der Waals surface area contributed by atoms with Crippen molar-refractivity contribution in [1.29, 1.82) is 0 Å². The van der Waals surface area contributed by atoms with Crippen molar-refractivity contribution >= 4 is 5.57 Å². The molecule has 17 heavy (non-hydrogen) atoms. The van der Waals surface area contributed by atoms with Crippen LogP contribution in [0.3, 0.4) is 0 Å². The van der Waals surface area contributed by atoms with Gasteiger partial charge in [0.2, 0.25) is 0 Å². The van der Waals surface area contributed by atoms with E-state index in [9.17, 15) is 0 Å². The smallest absolute Gasteiger partial charge is 0.155 e. The summed E-state index contributed by atoms with van der Waals surface area (Å²) >= 11 is 0. The molecule has 4 nitrogen and oxygen atoms in total. The number of allylic oxidation sites excluding steroid dienone is 1. The Bertz CT molecular complexity index is 377. The highest BCUT2D eigenvalue weighted by Gasteiger charge is 2.12. The number of aromatic nitrogens is 3. The van der Waals surface area contributed by atoms with E-state index in [0.717, 1.165) is 36.6 Å². The first-order valence-corrected chi connectivity index (χ1v) is 6.46. The molecule has 1 aromatic rings. The van der Waals surface area contributed by atoms with Crippen LogP contribution in [0.4, 0.5) is 0 Å². The number of nitrogens with one attached hydrogen (secondary N) is 1. The lowest BCUT2D eigenvalue weighted by Gasteiger charge is -2.09. The minimum absolute atomic E-state index is 0.340. The summed E-state index contributed by atoms with van der Waals surface area (Å²) < 4.78 is 2.00. The number of hydrogen-bond donors (Lipinski definition) is 1. The first-order chi connectivity index (χ1) is 8.10. The molecule has 0 radical (unpaired) electrons. The van der Waals surface area contributed by atoms with Crippen LogP contribution in [-0.4, -0.2) is 21.3 Å². The number of rotatable bonds is 6. The topological polar surface area (TPSA) is 42.7 Å². The molecule has 0 saturated carbocycles. The second kappa shape index (κ2) is 6.42. The average molecular weight is 236 g/mol. The molecule has 0 atom stereocenters. The van der Waals surface area contributed by atoms with Gasteiger partial charge < -0.3 is 5.32 Å². The Hall–Kier alpha value is -1.32. The Labute approximate surface area is 104 Å². The molecule has 1 rings (SSSR count). The van der Waals surface area contributed by atoms with Crippen molar-refractivity contribution < 1.29 is 0 Å². The van der Waals surface area contributed by atoms with E-state index in [1.165, 1.54) is 0 Å². The normalized spacial score (nSPS) is 12.2. The molecule has 0 aliphatic rings. The van der Waals surface area contributed by atoms with Crippen LogP contribution in [0.2, 0.25) is 0 Å². The fraction of sp³-hybridized carbons (Fsp3) is 0.692. The second-order valence-electron chi connectivity index (χ2n) is 4.52. The fourth-order valence-electron chi connectivity index (χ4n) is 1.58. The average Bonchev–Trinajstić information content (AvgIpc) is 2.73. The highest BCUT2D eigenvalue weighted by molar-refractivity contribution is 5.57. The molecule has 0 amide bonds. The third kappa shape index (κ3) is 3.58. The Balaban J connectivity index is 2.94. The van der Waals surface area contributed by atoms with Gasteiger partial charge in [-0.25, -0.2) is 9.67 Å². The third-order valence-electron chi connectivity index (χ3n) is 2.55. The first-order valence-electron chi connectivity index (χ1n) is 6.46. The molecule has 0 unspecified atom stereocenters. The molecule has 1 aromatic heterocycles. The van der Waals surface area contributed by atoms with Gasteiger partial charge in [0.1, 0.15) is 0 Å². The number of nitrogens with zero attached hydrogens (tertiary/aromatic N) is 3. The van der Waals surface area contributed by atoms with E-state index in [1.807, 2.05) is 10.9 Å². The molecule has 0 bridgehead atoms. The highest BCUT2D eigenvalue weighted by atomic mass is 15.4. The van der Waals surface area contributed by atoms with Crippen molar-refractivity contribution in [1.82, 2.24) is 20.1 Å². The van der Waals surface area contributed by atoms with Crippen LogP contribution in [-0.2, 0) is 6.42 Å². The van der Waals surface area contributed by atoms with E-state index in [0.29, 0.717) is 6.04 Å². The molecule has 0 spiro atoms. The minimum atomic E-state index is 0.340. The molecule has 0 aliphatic heterocycles. The van der Waals surface area contributed by atoms with Gasteiger partial charge in [-0.3, -0.25) is 0 Å². The van der Waals surface area contributed by atoms with Crippen LogP contribution >= 0.6 is 0 Å². The lowest BCUT2D eigenvalue weighted by atomic mass is 10.3. The van der Waals surface area contributed by atoms with Crippen molar-refractivity contribution in [2.45, 2.75) is 53.5 Å². The monoisotopic (exact) mass is 236 g/mol. The van der Waals surface area contributed by atoms with Gasteiger partial charge in [-0.2, -0.15) is 5.10 Å². The Morgan fingerprint density at radius 3 is 2.65 bits per heavy atom. The minimum Gasteiger partial charge on any atom is -0.391 e. The van der Waals surface area contributed by atoms with Gasteiger partial charge in [0.25, 0.3) is 0 Å². The van der Waals surface area contributed by atoms with Gasteiger partial charge in [-0.05, 0) is 27.2 Å². The van der Waals surface area contributed by atoms with Gasteiger partial charge in [0, 0.05) is 30.8 Å². The van der Waals surface area contributed by atoms with E-state index in [-0.39, 0.29) is 0 Å². The van der Waals surface area contributed by atoms with Crippen molar-refractivity contribution in [3.8, 4) is 0 Å². The van der Waals surface area contributed by atoms with Gasteiger partial charge in [-0.15, -0.1) is 0 Å². The molecule has 4 heteroatoms. The number of hydrogen-bond acceptors (Lipinski definition) is 3. The van der Waals surface area contributed by atoms with Crippen LogP contribution in [0.25, 0.3) is 5.57 Å². The molecule has 0 aliphatic carbocycles. The second-order valence-corrected chi connectivity index (χ2v) is 4.52. The molecule has 1 N–H and O–H groups in total. The molecule has 96 valence electrons. The molecular weight excluding hydrogens is 212 g/mol. The highest BCUT2D eigenvalue weighted by Crippen LogP contribution is 2.15. The summed E-state index contributed by atoms with van der Waals surface area (Å²) in [6.45, 7) is 11.6. The lowest BCUT2D eigenvalue weighted by Crippen LogP contribution is -2.10. The summed E-state index contributed by atoms with van der Waals surface area (Å²) in [4.78, 5) is 4.57. The Morgan fingerprint density at radius 2 is 2.12 bits per heavy atom. The zero-order chi connectivity index (χ0) is 12.8. The van der Waals surface area contributed by atoms with Crippen LogP contribution in [0.1, 0.15) is 58.7 Å². The lowest BCUT2D eigenvalue weighted by molar-refractivity contribution is 0.520. The van der Waals surface area contributed by atoms with Gasteiger partial charge >= 0.3 is 0 Å². The Kier molecular flexibility index (Phi) is 5.19. The van der Waals surface area contributed by atoms with E-state index in [1.54, 1.807) is 0 Å². The molecule has 1 heterocycles. The summed E-state index contributed by atoms with van der Waals surface area (Å²) in [5, 5.41) is 7.80. The number of aryl methyl sites for hydroxylation is 1. The Morgan fingerprint density at radius 1 is 1.41 bits per heavy atom. The zero-order valence-corrected chi connectivity index (χ0v) is 11.6. The fourth-order valence-corrected chi connectivity index (χ4v) is 1.58. The maximum atomic E-state index is 4.57. The SMILES string of the molecule is CCCN/C=C(\C)c1nc(CC)nn1C(C)C. The molecule has 0 aromatic carbocycles. The zero-order valence-electron chi connectivity index (χ0n) is 11.6. The predicted molar refractivity (Wildman–Crippen MR) is 71.7 cm³/mol. The summed E-state index contributed by atoms with van der Waals surface area (Å²) in [6, 6.07) is 0.340. The van der Waals surface area contributed by atoms with Crippen molar-refractivity contribution in [3.05, 3.63) is 17.8 Å². The molecular formula is C13H24N4. The van der Waals surface area contributed by atoms with Gasteiger partial charge in [0.05, 0.1) is 0 Å². The van der Waals surface area contributed by atoms with Gasteiger partial charge in [0.15, 0.2) is 11.6 Å². The predicted octanol–water partition coefficient (Wildman–Crippen LogP) is 2.78. The van der Waals surface area contributed by atoms with Crippen LogP contribution in [0, 0.1) is 0 Å². The largest absolute Gasteiger partial charge is 0.391 e. The van der Waals surface area contributed by atoms with E-state index in [4.69, 9.17) is 0 Å². The maximum absolute atomic E-state index is 4.57. The maximum Gasteiger partial charge on any atom is 0.155 e. The summed E-state index contributed by atoms with van der Waals surface area (Å²) in [7, 11) is 0. The molecule has 0 saturated heterocycles. The van der Waals surface area contributed by atoms with E-state index >= 15 is 0 Å². The molecule has 0 fully saturated rings. The third-order valence-corrected chi connectivity index (χ3v) is 2.55. The van der Waals surface area contributed by atoms with Crippen LogP contribution in [0.15, 0.2) is 6.20 Å². The van der Waals surface area contributed by atoms with Crippen LogP contribution in [0.5, 0.6) is 0 Å². The summed E-state index contributed by atoms with van der Waals surface area (Å²) in [6.07, 6.45) is 4.04.